The minimum atomic E-state index is -0.913. The minimum Gasteiger partial charge on any atom is -0.493 e. The summed E-state index contributed by atoms with van der Waals surface area (Å²) in [6.45, 7) is 1.14. The Hall–Kier alpha value is -1.55. The lowest BCUT2D eigenvalue weighted by Crippen LogP contribution is -2.20. The van der Waals surface area contributed by atoms with Gasteiger partial charge < -0.3 is 14.6 Å². The number of hydrogen-bond acceptors (Lipinski definition) is 3. The monoisotopic (exact) mass is 222 g/mol. The van der Waals surface area contributed by atoms with Crippen LogP contribution < -0.4 is 4.74 Å². The van der Waals surface area contributed by atoms with Gasteiger partial charge in [-0.25, -0.2) is 4.79 Å². The molecule has 1 aromatic carbocycles. The van der Waals surface area contributed by atoms with Gasteiger partial charge in [-0.3, -0.25) is 0 Å². The van der Waals surface area contributed by atoms with Crippen molar-refractivity contribution in [3.05, 3.63) is 29.3 Å². The van der Waals surface area contributed by atoms with Crippen molar-refractivity contribution in [2.75, 3.05) is 20.3 Å². The predicted molar refractivity (Wildman–Crippen MR) is 58.1 cm³/mol. The van der Waals surface area contributed by atoms with Crippen molar-refractivity contribution in [1.82, 2.24) is 0 Å². The summed E-state index contributed by atoms with van der Waals surface area (Å²) in [6.07, 6.45) is 0.797. The fourth-order valence-corrected chi connectivity index (χ4v) is 2.10. The van der Waals surface area contributed by atoms with Crippen LogP contribution in [0.4, 0.5) is 0 Å². The van der Waals surface area contributed by atoms with Gasteiger partial charge in [0.15, 0.2) is 0 Å². The highest BCUT2D eigenvalue weighted by molar-refractivity contribution is 5.90. The molecule has 4 heteroatoms. The smallest absolute Gasteiger partial charge is 0.336 e. The topological polar surface area (TPSA) is 55.8 Å². The zero-order valence-corrected chi connectivity index (χ0v) is 9.10. The van der Waals surface area contributed by atoms with Gasteiger partial charge in [-0.15, -0.1) is 0 Å². The number of benzene rings is 1. The zero-order chi connectivity index (χ0) is 11.5. The highest BCUT2D eigenvalue weighted by Gasteiger charge is 2.26. The van der Waals surface area contributed by atoms with Crippen LogP contribution in [0.15, 0.2) is 18.2 Å². The van der Waals surface area contributed by atoms with Crippen molar-refractivity contribution in [2.45, 2.75) is 12.3 Å². The van der Waals surface area contributed by atoms with Gasteiger partial charge in [0.1, 0.15) is 5.75 Å². The molecule has 16 heavy (non-hydrogen) atoms. The third-order valence-corrected chi connectivity index (χ3v) is 2.80. The van der Waals surface area contributed by atoms with Crippen LogP contribution >= 0.6 is 0 Å². The number of ether oxygens (including phenoxy) is 2. The second-order valence-corrected chi connectivity index (χ2v) is 3.81. The summed E-state index contributed by atoms with van der Waals surface area (Å²) in [4.78, 5) is 11.1. The van der Waals surface area contributed by atoms with Gasteiger partial charge in [0.05, 0.1) is 18.8 Å². The van der Waals surface area contributed by atoms with Crippen molar-refractivity contribution in [1.29, 1.82) is 0 Å². The lowest BCUT2D eigenvalue weighted by molar-refractivity contribution is 0.0691. The van der Waals surface area contributed by atoms with Gasteiger partial charge in [-0.05, 0) is 18.6 Å². The minimum absolute atomic E-state index is 0.112. The summed E-state index contributed by atoms with van der Waals surface area (Å²) in [5.74, 6) is -0.127. The van der Waals surface area contributed by atoms with Crippen LogP contribution in [-0.4, -0.2) is 31.4 Å². The maximum atomic E-state index is 11.1. The highest BCUT2D eigenvalue weighted by Crippen LogP contribution is 2.36. The molecule has 0 aromatic heterocycles. The second kappa shape index (κ2) is 4.53. The van der Waals surface area contributed by atoms with E-state index in [9.17, 15) is 4.79 Å². The van der Waals surface area contributed by atoms with Crippen LogP contribution in [0.2, 0.25) is 0 Å². The SMILES string of the molecule is COCC1CCOc2cccc(C(=O)O)c21. The number of aromatic carboxylic acids is 1. The van der Waals surface area contributed by atoms with E-state index in [1.54, 1.807) is 19.2 Å². The summed E-state index contributed by atoms with van der Waals surface area (Å²) in [5.41, 5.74) is 1.09. The standard InChI is InChI=1S/C12H14O4/c1-15-7-8-5-6-16-10-4-2-3-9(11(8)10)12(13)14/h2-4,8H,5-7H2,1H3,(H,13,14). The van der Waals surface area contributed by atoms with Crippen molar-refractivity contribution in [3.8, 4) is 5.75 Å². The lowest BCUT2D eigenvalue weighted by atomic mass is 9.89. The Labute approximate surface area is 93.8 Å². The molecule has 0 bridgehead atoms. The third kappa shape index (κ3) is 1.88. The molecule has 86 valence electrons. The average molecular weight is 222 g/mol. The fraction of sp³-hybridized carbons (Fsp3) is 0.417. The van der Waals surface area contributed by atoms with Gasteiger partial charge >= 0.3 is 5.97 Å². The van der Waals surface area contributed by atoms with E-state index in [0.717, 1.165) is 12.0 Å². The van der Waals surface area contributed by atoms with Crippen LogP contribution in [0.25, 0.3) is 0 Å². The van der Waals surface area contributed by atoms with E-state index < -0.39 is 5.97 Å². The van der Waals surface area contributed by atoms with Crippen LogP contribution in [0.3, 0.4) is 0 Å². The summed E-state index contributed by atoms with van der Waals surface area (Å²) < 4.78 is 10.6. The Kier molecular flexibility index (Phi) is 3.10. The van der Waals surface area contributed by atoms with E-state index in [1.807, 2.05) is 6.07 Å². The van der Waals surface area contributed by atoms with Gasteiger partial charge in [-0.2, -0.15) is 0 Å². The van der Waals surface area contributed by atoms with Gasteiger partial charge in [0, 0.05) is 18.6 Å². The normalized spacial score (nSPS) is 18.7. The number of carbonyl (C=O) groups is 1. The molecule has 0 saturated heterocycles. The molecule has 0 aliphatic carbocycles. The number of fused-ring (bicyclic) bond motifs is 1. The molecule has 4 nitrogen and oxygen atoms in total. The molecule has 0 saturated carbocycles. The molecule has 0 spiro atoms. The summed E-state index contributed by atoms with van der Waals surface area (Å²) in [5, 5.41) is 9.13. The number of rotatable bonds is 3. The van der Waals surface area contributed by atoms with E-state index in [0.29, 0.717) is 24.5 Å². The van der Waals surface area contributed by atoms with Gasteiger partial charge in [-0.1, -0.05) is 6.07 Å². The number of methoxy groups -OCH3 is 1. The molecule has 1 heterocycles. The first kappa shape index (κ1) is 11.0. The first-order valence-corrected chi connectivity index (χ1v) is 5.22. The Morgan fingerprint density at radius 2 is 2.44 bits per heavy atom. The number of carboxylic acids is 1. The van der Waals surface area contributed by atoms with Crippen molar-refractivity contribution in [3.63, 3.8) is 0 Å². The zero-order valence-electron chi connectivity index (χ0n) is 9.10. The molecule has 1 aromatic rings. The molecule has 1 aliphatic heterocycles. The van der Waals surface area contributed by atoms with Gasteiger partial charge in [0.2, 0.25) is 0 Å². The average Bonchev–Trinajstić information content (AvgIpc) is 2.29. The second-order valence-electron chi connectivity index (χ2n) is 3.81. The quantitative estimate of drug-likeness (QED) is 0.848. The molecule has 0 radical (unpaired) electrons. The van der Waals surface area contributed by atoms with Crippen LogP contribution in [0.5, 0.6) is 5.75 Å². The van der Waals surface area contributed by atoms with Crippen LogP contribution in [0, 0.1) is 0 Å². The first-order valence-electron chi connectivity index (χ1n) is 5.22. The molecular weight excluding hydrogens is 208 g/mol. The molecule has 1 atom stereocenters. The summed E-state index contributed by atoms with van der Waals surface area (Å²) in [7, 11) is 1.62. The van der Waals surface area contributed by atoms with Crippen LogP contribution in [-0.2, 0) is 4.74 Å². The molecule has 2 rings (SSSR count). The maximum absolute atomic E-state index is 11.1. The van der Waals surface area contributed by atoms with E-state index in [2.05, 4.69) is 0 Å². The Morgan fingerprint density at radius 3 is 3.12 bits per heavy atom. The Balaban J connectivity index is 2.46. The Morgan fingerprint density at radius 1 is 1.62 bits per heavy atom. The van der Waals surface area contributed by atoms with E-state index >= 15 is 0 Å². The van der Waals surface area contributed by atoms with Gasteiger partial charge in [0.25, 0.3) is 0 Å². The maximum Gasteiger partial charge on any atom is 0.336 e. The van der Waals surface area contributed by atoms with Crippen molar-refractivity contribution < 1.29 is 19.4 Å². The molecule has 1 aliphatic rings. The molecule has 1 N–H and O–H groups in total. The predicted octanol–water partition coefficient (Wildman–Crippen LogP) is 1.90. The van der Waals surface area contributed by atoms with E-state index in [4.69, 9.17) is 14.6 Å². The Bertz CT molecular complexity index is 400. The fourth-order valence-electron chi connectivity index (χ4n) is 2.10. The van der Waals surface area contributed by atoms with Crippen molar-refractivity contribution in [2.24, 2.45) is 0 Å². The van der Waals surface area contributed by atoms with E-state index in [-0.39, 0.29) is 5.92 Å². The van der Waals surface area contributed by atoms with Crippen molar-refractivity contribution >= 4 is 5.97 Å². The third-order valence-electron chi connectivity index (χ3n) is 2.80. The highest BCUT2D eigenvalue weighted by atomic mass is 16.5. The van der Waals surface area contributed by atoms with E-state index in [1.165, 1.54) is 0 Å². The summed E-state index contributed by atoms with van der Waals surface area (Å²) in [6, 6.07) is 5.12. The molecular formula is C12H14O4. The number of carboxylic acid groups (broad SMARTS) is 1. The number of hydrogen-bond donors (Lipinski definition) is 1. The first-order chi connectivity index (χ1) is 7.74. The lowest BCUT2D eigenvalue weighted by Gasteiger charge is -2.26. The largest absolute Gasteiger partial charge is 0.493 e. The molecule has 0 fully saturated rings. The molecule has 1 unspecified atom stereocenters. The van der Waals surface area contributed by atoms with Crippen LogP contribution in [0.1, 0.15) is 28.3 Å². The summed E-state index contributed by atoms with van der Waals surface area (Å²) >= 11 is 0. The molecule has 0 amide bonds.